The summed E-state index contributed by atoms with van der Waals surface area (Å²) in [5.41, 5.74) is 0.449. The molecular weight excluding hydrogens is 286 g/mol. The third-order valence-electron chi connectivity index (χ3n) is 5.21. The minimum Gasteiger partial charge on any atom is -0.392 e. The van der Waals surface area contributed by atoms with E-state index in [0.29, 0.717) is 17.4 Å². The molecule has 0 spiro atoms. The number of sulfonamides is 1. The number of aliphatic hydroxyl groups is 1. The maximum Gasteiger partial charge on any atom is 0.241 e. The predicted molar refractivity (Wildman–Crippen MR) is 81.1 cm³/mol. The van der Waals surface area contributed by atoms with Gasteiger partial charge in [-0.05, 0) is 55.6 Å². The van der Waals surface area contributed by atoms with Gasteiger partial charge in [-0.25, -0.2) is 13.1 Å². The molecule has 116 valence electrons. The molecule has 2 aliphatic carbocycles. The molecule has 4 unspecified atom stereocenters. The zero-order valence-corrected chi connectivity index (χ0v) is 13.1. The van der Waals surface area contributed by atoms with Crippen molar-refractivity contribution >= 4 is 10.0 Å². The van der Waals surface area contributed by atoms with Crippen molar-refractivity contribution in [1.82, 2.24) is 4.72 Å². The fourth-order valence-electron chi connectivity index (χ4n) is 4.20. The third-order valence-corrected chi connectivity index (χ3v) is 6.87. The van der Waals surface area contributed by atoms with Gasteiger partial charge in [-0.2, -0.15) is 0 Å². The summed E-state index contributed by atoms with van der Waals surface area (Å²) in [7, 11) is -3.57. The Labute approximate surface area is 126 Å². The summed E-state index contributed by atoms with van der Waals surface area (Å²) in [4.78, 5) is 0.197. The Morgan fingerprint density at radius 1 is 1.29 bits per heavy atom. The first-order valence-corrected chi connectivity index (χ1v) is 9.20. The smallest absolute Gasteiger partial charge is 0.241 e. The van der Waals surface area contributed by atoms with E-state index in [2.05, 4.69) is 4.72 Å². The van der Waals surface area contributed by atoms with Crippen LogP contribution in [-0.2, 0) is 16.6 Å². The Morgan fingerprint density at radius 3 is 2.67 bits per heavy atom. The number of hydrogen-bond donors (Lipinski definition) is 2. The lowest BCUT2D eigenvalue weighted by atomic mass is 9.84. The van der Waals surface area contributed by atoms with Crippen molar-refractivity contribution < 1.29 is 13.5 Å². The summed E-state index contributed by atoms with van der Waals surface area (Å²) in [6.45, 7) is 1.71. The summed E-state index contributed by atoms with van der Waals surface area (Å²) >= 11 is 0. The van der Waals surface area contributed by atoms with Crippen LogP contribution in [0.25, 0.3) is 0 Å². The van der Waals surface area contributed by atoms with Crippen molar-refractivity contribution in [2.24, 2.45) is 17.8 Å². The monoisotopic (exact) mass is 309 g/mol. The second kappa shape index (κ2) is 5.71. The highest BCUT2D eigenvalue weighted by Crippen LogP contribution is 2.49. The summed E-state index contributed by atoms with van der Waals surface area (Å²) in [6.07, 6.45) is 4.97. The molecule has 21 heavy (non-hydrogen) atoms. The zero-order chi connectivity index (χ0) is 15.0. The standard InChI is InChI=1S/C16H23NO3S/c1-11(15-9-12-6-7-13(15)8-12)17-21(19,20)16-5-3-2-4-14(16)10-18/h2-5,11-13,15,17-18H,6-10H2,1H3. The van der Waals surface area contributed by atoms with Gasteiger partial charge in [0.25, 0.3) is 0 Å². The summed E-state index contributed by atoms with van der Waals surface area (Å²) < 4.78 is 28.0. The maximum absolute atomic E-state index is 12.6. The molecule has 3 rings (SSSR count). The number of aliphatic hydroxyl groups excluding tert-OH is 1. The molecule has 0 radical (unpaired) electrons. The molecule has 0 heterocycles. The highest BCUT2D eigenvalue weighted by Gasteiger charge is 2.42. The van der Waals surface area contributed by atoms with Gasteiger partial charge in [0.1, 0.15) is 0 Å². The van der Waals surface area contributed by atoms with E-state index in [1.807, 2.05) is 6.92 Å². The highest BCUT2D eigenvalue weighted by molar-refractivity contribution is 7.89. The van der Waals surface area contributed by atoms with E-state index in [9.17, 15) is 13.5 Å². The van der Waals surface area contributed by atoms with Gasteiger partial charge in [0, 0.05) is 6.04 Å². The topological polar surface area (TPSA) is 66.4 Å². The van der Waals surface area contributed by atoms with Crippen LogP contribution >= 0.6 is 0 Å². The SMILES string of the molecule is CC(NS(=O)(=O)c1ccccc1CO)C1CC2CCC1C2. The van der Waals surface area contributed by atoms with Gasteiger partial charge in [-0.1, -0.05) is 24.6 Å². The normalized spacial score (nSPS) is 29.7. The van der Waals surface area contributed by atoms with Gasteiger partial charge in [0.05, 0.1) is 11.5 Å². The van der Waals surface area contributed by atoms with Gasteiger partial charge in [-0.15, -0.1) is 0 Å². The first-order chi connectivity index (χ1) is 10.0. The van der Waals surface area contributed by atoms with Crippen molar-refractivity contribution in [1.29, 1.82) is 0 Å². The van der Waals surface area contributed by atoms with E-state index in [4.69, 9.17) is 0 Å². The van der Waals surface area contributed by atoms with Gasteiger partial charge in [-0.3, -0.25) is 0 Å². The Hall–Kier alpha value is -0.910. The molecule has 0 aliphatic heterocycles. The first kappa shape index (κ1) is 15.0. The van der Waals surface area contributed by atoms with E-state index in [-0.39, 0.29) is 17.5 Å². The van der Waals surface area contributed by atoms with E-state index in [0.717, 1.165) is 12.3 Å². The number of hydrogen-bond acceptors (Lipinski definition) is 3. The highest BCUT2D eigenvalue weighted by atomic mass is 32.2. The van der Waals surface area contributed by atoms with Crippen molar-refractivity contribution in [3.05, 3.63) is 29.8 Å². The van der Waals surface area contributed by atoms with Crippen molar-refractivity contribution in [3.63, 3.8) is 0 Å². The van der Waals surface area contributed by atoms with Crippen LogP contribution in [0.2, 0.25) is 0 Å². The van der Waals surface area contributed by atoms with Crippen molar-refractivity contribution in [2.75, 3.05) is 0 Å². The minimum atomic E-state index is -3.57. The molecule has 2 saturated carbocycles. The van der Waals surface area contributed by atoms with Crippen molar-refractivity contribution in [2.45, 2.75) is 50.2 Å². The van der Waals surface area contributed by atoms with Crippen LogP contribution in [0.5, 0.6) is 0 Å². The molecule has 1 aromatic carbocycles. The molecule has 2 fully saturated rings. The summed E-state index contributed by atoms with van der Waals surface area (Å²) in [6, 6.07) is 6.59. The first-order valence-electron chi connectivity index (χ1n) is 7.72. The number of nitrogens with one attached hydrogen (secondary N) is 1. The van der Waals surface area contributed by atoms with Crippen LogP contribution < -0.4 is 4.72 Å². The van der Waals surface area contributed by atoms with Crippen LogP contribution in [-0.4, -0.2) is 19.6 Å². The van der Waals surface area contributed by atoms with E-state index in [1.165, 1.54) is 19.3 Å². The zero-order valence-electron chi connectivity index (χ0n) is 12.3. The van der Waals surface area contributed by atoms with E-state index >= 15 is 0 Å². The van der Waals surface area contributed by atoms with E-state index in [1.54, 1.807) is 24.3 Å². The second-order valence-corrected chi connectivity index (χ2v) is 8.20. The van der Waals surface area contributed by atoms with Crippen LogP contribution in [0.1, 0.15) is 38.2 Å². The minimum absolute atomic E-state index is 0.0444. The predicted octanol–water partition coefficient (Wildman–Crippen LogP) is 2.28. The van der Waals surface area contributed by atoms with Crippen molar-refractivity contribution in [3.8, 4) is 0 Å². The van der Waals surface area contributed by atoms with Gasteiger partial charge < -0.3 is 5.11 Å². The van der Waals surface area contributed by atoms with Crippen LogP contribution in [0, 0.1) is 17.8 Å². The molecule has 1 aromatic rings. The summed E-state index contributed by atoms with van der Waals surface area (Å²) in [5, 5.41) is 9.32. The number of fused-ring (bicyclic) bond motifs is 2. The molecule has 5 heteroatoms. The molecule has 4 atom stereocenters. The molecular formula is C16H23NO3S. The maximum atomic E-state index is 12.6. The van der Waals surface area contributed by atoms with Gasteiger partial charge >= 0.3 is 0 Å². The average molecular weight is 309 g/mol. The number of benzene rings is 1. The average Bonchev–Trinajstić information content (AvgIpc) is 3.09. The largest absolute Gasteiger partial charge is 0.392 e. The molecule has 2 N–H and O–H groups in total. The Morgan fingerprint density at radius 2 is 2.05 bits per heavy atom. The van der Waals surface area contributed by atoms with Gasteiger partial charge in [0.15, 0.2) is 0 Å². The molecule has 0 saturated heterocycles. The Balaban J connectivity index is 1.77. The molecule has 0 aromatic heterocycles. The number of rotatable bonds is 5. The van der Waals surface area contributed by atoms with Crippen LogP contribution in [0.15, 0.2) is 29.2 Å². The lowest BCUT2D eigenvalue weighted by Gasteiger charge is -2.28. The fraction of sp³-hybridized carbons (Fsp3) is 0.625. The summed E-state index contributed by atoms with van der Waals surface area (Å²) in [5.74, 6) is 1.94. The molecule has 2 aliphatic rings. The quantitative estimate of drug-likeness (QED) is 0.877. The Bertz CT molecular complexity index is 614. The Kier molecular flexibility index (Phi) is 4.08. The molecule has 2 bridgehead atoms. The molecule has 0 amide bonds. The van der Waals surface area contributed by atoms with Gasteiger partial charge in [0.2, 0.25) is 10.0 Å². The van der Waals surface area contributed by atoms with E-state index < -0.39 is 10.0 Å². The molecule has 4 nitrogen and oxygen atoms in total. The lowest BCUT2D eigenvalue weighted by molar-refractivity contribution is 0.276. The fourth-order valence-corrected chi connectivity index (χ4v) is 5.73. The van der Waals surface area contributed by atoms with Crippen LogP contribution in [0.4, 0.5) is 0 Å². The lowest BCUT2D eigenvalue weighted by Crippen LogP contribution is -2.40. The third kappa shape index (κ3) is 2.87. The second-order valence-electron chi connectivity index (χ2n) is 6.51. The van der Waals surface area contributed by atoms with Crippen LogP contribution in [0.3, 0.4) is 0 Å².